The van der Waals surface area contributed by atoms with Crippen LogP contribution in [0, 0.1) is 0 Å². The van der Waals surface area contributed by atoms with Crippen LogP contribution in [0.1, 0.15) is 0 Å². The zero-order valence-electron chi connectivity index (χ0n) is 12.0. The number of para-hydroxylation sites is 1. The van der Waals surface area contributed by atoms with Crippen molar-refractivity contribution in [3.8, 4) is 5.75 Å². The third kappa shape index (κ3) is 4.61. The van der Waals surface area contributed by atoms with E-state index in [-0.39, 0.29) is 6.03 Å². The number of aromatic nitrogens is 1. The lowest BCUT2D eigenvalue weighted by Gasteiger charge is -2.10. The number of nitrogens with one attached hydrogen (secondary N) is 2. The Bertz CT molecular complexity index is 584. The molecular weight excluding hydrogens is 270 g/mol. The summed E-state index contributed by atoms with van der Waals surface area (Å²) in [6.45, 7) is 1.78. The molecule has 0 aliphatic carbocycles. The van der Waals surface area contributed by atoms with Gasteiger partial charge in [0.25, 0.3) is 0 Å². The Morgan fingerprint density at radius 2 is 1.90 bits per heavy atom. The van der Waals surface area contributed by atoms with E-state index in [9.17, 15) is 4.79 Å². The molecule has 0 unspecified atom stereocenters. The van der Waals surface area contributed by atoms with Gasteiger partial charge in [0.05, 0.1) is 13.2 Å². The molecule has 0 fully saturated rings. The molecule has 2 amide bonds. The van der Waals surface area contributed by atoms with Gasteiger partial charge in [-0.1, -0.05) is 18.2 Å². The Morgan fingerprint density at radius 1 is 1.14 bits per heavy atom. The molecule has 0 aliphatic heterocycles. The zero-order chi connectivity index (χ0) is 14.9. The number of benzene rings is 1. The van der Waals surface area contributed by atoms with Crippen LogP contribution in [0.4, 0.5) is 4.79 Å². The Labute approximate surface area is 123 Å². The van der Waals surface area contributed by atoms with E-state index in [1.54, 1.807) is 13.3 Å². The fourth-order valence-corrected chi connectivity index (χ4v) is 1.85. The molecule has 2 aromatic rings. The molecule has 0 saturated carbocycles. The van der Waals surface area contributed by atoms with Crippen LogP contribution in [0.5, 0.6) is 5.75 Å². The summed E-state index contributed by atoms with van der Waals surface area (Å²) in [5.41, 5.74) is 0.824. The minimum absolute atomic E-state index is 0.230. The molecule has 6 nitrogen and oxygen atoms in total. The van der Waals surface area contributed by atoms with E-state index in [1.807, 2.05) is 30.3 Å². The summed E-state index contributed by atoms with van der Waals surface area (Å²) in [5, 5.41) is 6.41. The highest BCUT2D eigenvalue weighted by molar-refractivity contribution is 5.84. The quantitative estimate of drug-likeness (QED) is 0.759. The summed E-state index contributed by atoms with van der Waals surface area (Å²) >= 11 is 0. The number of urea groups is 1. The van der Waals surface area contributed by atoms with Crippen molar-refractivity contribution in [2.24, 2.45) is 0 Å². The first-order chi connectivity index (χ1) is 10.3. The summed E-state index contributed by atoms with van der Waals surface area (Å²) in [4.78, 5) is 15.7. The van der Waals surface area contributed by atoms with Crippen LogP contribution in [-0.2, 0) is 4.74 Å². The third-order valence-electron chi connectivity index (χ3n) is 2.83. The first-order valence-corrected chi connectivity index (χ1v) is 6.78. The minimum Gasteiger partial charge on any atom is -0.489 e. The molecule has 0 spiro atoms. The summed E-state index contributed by atoms with van der Waals surface area (Å²) in [6.07, 6.45) is 1.73. The van der Waals surface area contributed by atoms with Crippen LogP contribution in [0.25, 0.3) is 10.9 Å². The molecule has 21 heavy (non-hydrogen) atoms. The van der Waals surface area contributed by atoms with Crippen LogP contribution in [0.2, 0.25) is 0 Å². The molecule has 6 heteroatoms. The summed E-state index contributed by atoms with van der Waals surface area (Å²) in [5.74, 6) is 0.717. The van der Waals surface area contributed by atoms with Gasteiger partial charge in [-0.3, -0.25) is 4.98 Å². The third-order valence-corrected chi connectivity index (χ3v) is 2.83. The molecule has 2 N–H and O–H groups in total. The van der Waals surface area contributed by atoms with Crippen molar-refractivity contribution in [1.29, 1.82) is 0 Å². The van der Waals surface area contributed by atoms with Gasteiger partial charge in [0.15, 0.2) is 0 Å². The highest BCUT2D eigenvalue weighted by Crippen LogP contribution is 2.22. The van der Waals surface area contributed by atoms with Crippen LogP contribution in [-0.4, -0.2) is 44.4 Å². The van der Waals surface area contributed by atoms with Crippen molar-refractivity contribution < 1.29 is 14.3 Å². The number of methoxy groups -OCH3 is 1. The van der Waals surface area contributed by atoms with E-state index >= 15 is 0 Å². The molecule has 112 valence electrons. The van der Waals surface area contributed by atoms with Gasteiger partial charge in [0, 0.05) is 25.2 Å². The topological polar surface area (TPSA) is 72.5 Å². The SMILES string of the molecule is COCCNC(=O)NCCOc1cccc2cccnc12. The van der Waals surface area contributed by atoms with E-state index < -0.39 is 0 Å². The van der Waals surface area contributed by atoms with Gasteiger partial charge in [0.2, 0.25) is 0 Å². The predicted octanol–water partition coefficient (Wildman–Crippen LogP) is 1.56. The van der Waals surface area contributed by atoms with Crippen molar-refractivity contribution >= 4 is 16.9 Å². The van der Waals surface area contributed by atoms with E-state index in [2.05, 4.69) is 15.6 Å². The lowest BCUT2D eigenvalue weighted by atomic mass is 10.2. The Morgan fingerprint density at radius 3 is 2.71 bits per heavy atom. The van der Waals surface area contributed by atoms with Crippen molar-refractivity contribution in [3.05, 3.63) is 36.5 Å². The van der Waals surface area contributed by atoms with Gasteiger partial charge < -0.3 is 20.1 Å². The van der Waals surface area contributed by atoms with Crippen LogP contribution in [0.3, 0.4) is 0 Å². The number of nitrogens with zero attached hydrogens (tertiary/aromatic N) is 1. The Kier molecular flexibility index (Phi) is 5.78. The fraction of sp³-hybridized carbons (Fsp3) is 0.333. The lowest BCUT2D eigenvalue weighted by molar-refractivity contribution is 0.195. The van der Waals surface area contributed by atoms with Crippen molar-refractivity contribution in [2.75, 3.05) is 33.4 Å². The molecule has 0 atom stereocenters. The Balaban J connectivity index is 1.76. The number of rotatable bonds is 7. The predicted molar refractivity (Wildman–Crippen MR) is 80.5 cm³/mol. The molecule has 1 aromatic heterocycles. The standard InChI is InChI=1S/C15H19N3O3/c1-20-10-8-17-15(19)18-9-11-21-13-6-2-4-12-5-3-7-16-14(12)13/h2-7H,8-11H2,1H3,(H2,17,18,19). The number of carbonyl (C=O) groups excluding carboxylic acids is 1. The van der Waals surface area contributed by atoms with Crippen LogP contribution in [0.15, 0.2) is 36.5 Å². The highest BCUT2D eigenvalue weighted by atomic mass is 16.5. The molecular formula is C15H19N3O3. The van der Waals surface area contributed by atoms with Gasteiger partial charge in [-0.25, -0.2) is 4.79 Å². The number of ether oxygens (including phenoxy) is 2. The smallest absolute Gasteiger partial charge is 0.314 e. The van der Waals surface area contributed by atoms with Gasteiger partial charge in [-0.05, 0) is 12.1 Å². The molecule has 0 radical (unpaired) electrons. The summed E-state index contributed by atoms with van der Waals surface area (Å²) in [7, 11) is 1.59. The van der Waals surface area contributed by atoms with Crippen molar-refractivity contribution in [2.45, 2.75) is 0 Å². The normalized spacial score (nSPS) is 10.3. The molecule has 2 rings (SSSR count). The minimum atomic E-state index is -0.230. The second kappa shape index (κ2) is 8.06. The average molecular weight is 289 g/mol. The number of pyridine rings is 1. The van der Waals surface area contributed by atoms with Crippen LogP contribution >= 0.6 is 0 Å². The molecule has 0 bridgehead atoms. The second-order valence-electron chi connectivity index (χ2n) is 4.36. The Hall–Kier alpha value is -2.34. The number of carbonyl (C=O) groups is 1. The fourth-order valence-electron chi connectivity index (χ4n) is 1.85. The van der Waals surface area contributed by atoms with Crippen LogP contribution < -0.4 is 15.4 Å². The monoisotopic (exact) mass is 289 g/mol. The highest BCUT2D eigenvalue weighted by Gasteiger charge is 2.03. The molecule has 1 heterocycles. The maximum atomic E-state index is 11.4. The lowest BCUT2D eigenvalue weighted by Crippen LogP contribution is -2.39. The number of fused-ring (bicyclic) bond motifs is 1. The second-order valence-corrected chi connectivity index (χ2v) is 4.36. The van der Waals surface area contributed by atoms with E-state index in [1.165, 1.54) is 0 Å². The molecule has 0 saturated heterocycles. The van der Waals surface area contributed by atoms with E-state index in [4.69, 9.17) is 9.47 Å². The maximum Gasteiger partial charge on any atom is 0.314 e. The van der Waals surface area contributed by atoms with Crippen molar-refractivity contribution in [3.63, 3.8) is 0 Å². The van der Waals surface area contributed by atoms with E-state index in [0.29, 0.717) is 26.3 Å². The van der Waals surface area contributed by atoms with E-state index in [0.717, 1.165) is 16.7 Å². The molecule has 1 aromatic carbocycles. The average Bonchev–Trinajstić information content (AvgIpc) is 2.52. The first kappa shape index (κ1) is 15.1. The summed E-state index contributed by atoms with van der Waals surface area (Å²) in [6, 6.07) is 9.41. The number of amides is 2. The van der Waals surface area contributed by atoms with Gasteiger partial charge in [-0.2, -0.15) is 0 Å². The van der Waals surface area contributed by atoms with Gasteiger partial charge in [0.1, 0.15) is 17.9 Å². The van der Waals surface area contributed by atoms with Gasteiger partial charge >= 0.3 is 6.03 Å². The number of hydrogen-bond donors (Lipinski definition) is 2. The van der Waals surface area contributed by atoms with Crippen molar-refractivity contribution in [1.82, 2.24) is 15.6 Å². The molecule has 0 aliphatic rings. The first-order valence-electron chi connectivity index (χ1n) is 6.78. The van der Waals surface area contributed by atoms with Gasteiger partial charge in [-0.15, -0.1) is 0 Å². The maximum absolute atomic E-state index is 11.4. The summed E-state index contributed by atoms with van der Waals surface area (Å²) < 4.78 is 10.5. The number of hydrogen-bond acceptors (Lipinski definition) is 4. The zero-order valence-corrected chi connectivity index (χ0v) is 12.0. The largest absolute Gasteiger partial charge is 0.489 e.